The summed E-state index contributed by atoms with van der Waals surface area (Å²) in [5, 5.41) is 10.3. The molecular formula is C9H15BrN2O. The number of rotatable bonds is 4. The van der Waals surface area contributed by atoms with E-state index in [9.17, 15) is 4.79 Å². The van der Waals surface area contributed by atoms with E-state index in [1.54, 1.807) is 6.20 Å². The number of allylic oxidation sites excluding steroid dienone is 1. The van der Waals surface area contributed by atoms with Gasteiger partial charge in [0.2, 0.25) is 0 Å². The van der Waals surface area contributed by atoms with Gasteiger partial charge in [0, 0.05) is 18.0 Å². The lowest BCUT2D eigenvalue weighted by Gasteiger charge is -2.19. The number of hydrogen-bond donors (Lipinski definition) is 2. The number of halogens is 1. The molecule has 0 aromatic heterocycles. The largest absolute Gasteiger partial charge is 0.386 e. The Bertz CT molecular complexity index is 228. The molecule has 0 saturated carbocycles. The molecule has 0 amide bonds. The summed E-state index contributed by atoms with van der Waals surface area (Å²) in [7, 11) is 0. The van der Waals surface area contributed by atoms with Gasteiger partial charge < -0.3 is 10.7 Å². The maximum atomic E-state index is 11.2. The third-order valence-electron chi connectivity index (χ3n) is 1.26. The normalized spacial score (nSPS) is 12.5. The zero-order chi connectivity index (χ0) is 10.5. The quantitative estimate of drug-likeness (QED) is 0.452. The number of carbonyl (C=O) groups is 1. The third kappa shape index (κ3) is 5.58. The fraction of sp³-hybridized carbons (Fsp3) is 0.556. The van der Waals surface area contributed by atoms with Crippen molar-refractivity contribution in [1.29, 1.82) is 5.41 Å². The van der Waals surface area contributed by atoms with Crippen molar-refractivity contribution in [3.05, 3.63) is 11.8 Å². The molecule has 0 aliphatic heterocycles. The fourth-order valence-electron chi connectivity index (χ4n) is 0.574. The summed E-state index contributed by atoms with van der Waals surface area (Å²) in [6.07, 6.45) is 2.64. The molecule has 0 aromatic rings. The first kappa shape index (κ1) is 12.4. The topological polar surface area (TPSA) is 53.0 Å². The number of nitrogens with one attached hydrogen (secondary N) is 2. The number of alkyl halides is 1. The van der Waals surface area contributed by atoms with Crippen molar-refractivity contribution in [2.75, 3.05) is 5.33 Å². The van der Waals surface area contributed by atoms with Gasteiger partial charge in [-0.25, -0.2) is 0 Å². The van der Waals surface area contributed by atoms with E-state index >= 15 is 0 Å². The lowest BCUT2D eigenvalue weighted by atomic mass is 10.1. The Morgan fingerprint density at radius 2 is 2.08 bits per heavy atom. The van der Waals surface area contributed by atoms with Crippen molar-refractivity contribution in [3.8, 4) is 0 Å². The van der Waals surface area contributed by atoms with Gasteiger partial charge in [-0.2, -0.15) is 0 Å². The van der Waals surface area contributed by atoms with Crippen LogP contribution < -0.4 is 5.32 Å². The third-order valence-corrected chi connectivity index (χ3v) is 1.77. The summed E-state index contributed by atoms with van der Waals surface area (Å²) in [5.74, 6) is -0.0910. The average molecular weight is 247 g/mol. The highest BCUT2D eigenvalue weighted by atomic mass is 79.9. The molecule has 0 heterocycles. The van der Waals surface area contributed by atoms with Crippen LogP contribution in [0.1, 0.15) is 20.8 Å². The number of carbonyl (C=O) groups excluding carboxylic acids is 1. The van der Waals surface area contributed by atoms with E-state index in [2.05, 4.69) is 21.2 Å². The van der Waals surface area contributed by atoms with Gasteiger partial charge in [-0.1, -0.05) is 15.9 Å². The molecule has 0 unspecified atom stereocenters. The second kappa shape index (κ2) is 5.17. The maximum absolute atomic E-state index is 11.2. The predicted molar refractivity (Wildman–Crippen MR) is 58.6 cm³/mol. The summed E-state index contributed by atoms with van der Waals surface area (Å²) in [5.41, 5.74) is 0.299. The van der Waals surface area contributed by atoms with E-state index in [-0.39, 0.29) is 16.7 Å². The highest BCUT2D eigenvalue weighted by molar-refractivity contribution is 9.09. The SMILES string of the molecule is CC(C)(C)N/C=C(\C=N)C(=O)CBr. The molecule has 0 rings (SSSR count). The summed E-state index contributed by atoms with van der Waals surface area (Å²) < 4.78 is 0. The van der Waals surface area contributed by atoms with E-state index in [1.165, 1.54) is 0 Å². The first-order valence-corrected chi connectivity index (χ1v) is 5.10. The first-order chi connectivity index (χ1) is 5.90. The van der Waals surface area contributed by atoms with E-state index in [0.29, 0.717) is 5.57 Å². The van der Waals surface area contributed by atoms with Crippen LogP contribution in [-0.4, -0.2) is 22.9 Å². The van der Waals surface area contributed by atoms with Crippen LogP contribution in [0.25, 0.3) is 0 Å². The standard InChI is InChI=1S/C9H15BrN2O/c1-9(2,3)12-6-7(5-11)8(13)4-10/h5-6,11-12H,4H2,1-3H3/b7-6+,11-5?. The van der Waals surface area contributed by atoms with Gasteiger partial charge in [-0.05, 0) is 20.8 Å². The minimum atomic E-state index is -0.0910. The van der Waals surface area contributed by atoms with Crippen molar-refractivity contribution >= 4 is 27.9 Å². The molecule has 0 radical (unpaired) electrons. The zero-order valence-corrected chi connectivity index (χ0v) is 9.73. The molecule has 0 aliphatic carbocycles. The summed E-state index contributed by atoms with van der Waals surface area (Å²) in [4.78, 5) is 11.2. The molecule has 2 N–H and O–H groups in total. The highest BCUT2D eigenvalue weighted by Gasteiger charge is 2.09. The second-order valence-electron chi connectivity index (χ2n) is 3.70. The van der Waals surface area contributed by atoms with Gasteiger partial charge in [0.05, 0.1) is 10.9 Å². The van der Waals surface area contributed by atoms with Gasteiger partial charge in [0.1, 0.15) is 0 Å². The molecule has 0 aromatic carbocycles. The van der Waals surface area contributed by atoms with Crippen molar-refractivity contribution in [2.45, 2.75) is 26.3 Å². The van der Waals surface area contributed by atoms with Gasteiger partial charge in [0.15, 0.2) is 5.78 Å². The fourth-order valence-corrected chi connectivity index (χ4v) is 0.898. The predicted octanol–water partition coefficient (Wildman–Crippen LogP) is 1.87. The molecule has 3 nitrogen and oxygen atoms in total. The van der Waals surface area contributed by atoms with Crippen molar-refractivity contribution < 1.29 is 4.79 Å². The minimum Gasteiger partial charge on any atom is -0.386 e. The van der Waals surface area contributed by atoms with Crippen molar-refractivity contribution in [1.82, 2.24) is 5.32 Å². The van der Waals surface area contributed by atoms with Crippen LogP contribution in [0.2, 0.25) is 0 Å². The minimum absolute atomic E-state index is 0.0825. The lowest BCUT2D eigenvalue weighted by Crippen LogP contribution is -2.32. The van der Waals surface area contributed by atoms with Gasteiger partial charge in [-0.15, -0.1) is 0 Å². The maximum Gasteiger partial charge on any atom is 0.176 e. The smallest absolute Gasteiger partial charge is 0.176 e. The van der Waals surface area contributed by atoms with E-state index in [4.69, 9.17) is 5.41 Å². The molecule has 0 spiro atoms. The Balaban J connectivity index is 4.41. The van der Waals surface area contributed by atoms with Crippen molar-refractivity contribution in [2.24, 2.45) is 0 Å². The van der Waals surface area contributed by atoms with Crippen LogP contribution in [-0.2, 0) is 4.79 Å². The molecule has 4 heteroatoms. The van der Waals surface area contributed by atoms with Crippen LogP contribution in [0.3, 0.4) is 0 Å². The molecule has 13 heavy (non-hydrogen) atoms. The number of Topliss-reactive ketones (excluding diaryl/α,β-unsaturated/α-hetero) is 1. The Morgan fingerprint density at radius 3 is 2.38 bits per heavy atom. The van der Waals surface area contributed by atoms with E-state index < -0.39 is 0 Å². The first-order valence-electron chi connectivity index (χ1n) is 3.98. The number of hydrogen-bond acceptors (Lipinski definition) is 3. The zero-order valence-electron chi connectivity index (χ0n) is 8.15. The number of ketones is 1. The molecule has 0 bridgehead atoms. The summed E-state index contributed by atoms with van der Waals surface area (Å²) in [6.45, 7) is 5.97. The molecule has 0 fully saturated rings. The van der Waals surface area contributed by atoms with Crippen LogP contribution in [0.15, 0.2) is 11.8 Å². The van der Waals surface area contributed by atoms with Crippen LogP contribution in [0.4, 0.5) is 0 Å². The second-order valence-corrected chi connectivity index (χ2v) is 4.26. The van der Waals surface area contributed by atoms with E-state index in [0.717, 1.165) is 6.21 Å². The highest BCUT2D eigenvalue weighted by Crippen LogP contribution is 2.01. The molecule has 74 valence electrons. The van der Waals surface area contributed by atoms with Crippen LogP contribution in [0, 0.1) is 5.41 Å². The molecular weight excluding hydrogens is 232 g/mol. The van der Waals surface area contributed by atoms with Crippen molar-refractivity contribution in [3.63, 3.8) is 0 Å². The van der Waals surface area contributed by atoms with Crippen LogP contribution >= 0.6 is 15.9 Å². The molecule has 0 atom stereocenters. The van der Waals surface area contributed by atoms with Gasteiger partial charge >= 0.3 is 0 Å². The molecule has 0 aliphatic rings. The van der Waals surface area contributed by atoms with Gasteiger partial charge in [0.25, 0.3) is 0 Å². The lowest BCUT2D eigenvalue weighted by molar-refractivity contribution is -0.112. The Kier molecular flexibility index (Phi) is 4.91. The molecule has 0 saturated heterocycles. The monoisotopic (exact) mass is 246 g/mol. The van der Waals surface area contributed by atoms with Gasteiger partial charge in [-0.3, -0.25) is 4.79 Å². The Hall–Kier alpha value is -0.640. The van der Waals surface area contributed by atoms with Crippen LogP contribution in [0.5, 0.6) is 0 Å². The Morgan fingerprint density at radius 1 is 1.54 bits per heavy atom. The Labute approximate surface area is 87.2 Å². The van der Waals surface area contributed by atoms with E-state index in [1.807, 2.05) is 20.8 Å². The summed E-state index contributed by atoms with van der Waals surface area (Å²) in [6, 6.07) is 0. The summed E-state index contributed by atoms with van der Waals surface area (Å²) >= 11 is 3.06. The average Bonchev–Trinajstić information content (AvgIpc) is 2.03.